The van der Waals surface area contributed by atoms with Gasteiger partial charge in [-0.15, -0.1) is 0 Å². The average Bonchev–Trinajstić information content (AvgIpc) is 2.78. The van der Waals surface area contributed by atoms with Gasteiger partial charge in [0.25, 0.3) is 0 Å². The van der Waals surface area contributed by atoms with Gasteiger partial charge >= 0.3 is 0 Å². The normalized spacial score (nSPS) is 51.2. The van der Waals surface area contributed by atoms with Crippen LogP contribution in [0.15, 0.2) is 11.1 Å². The molecule has 3 fully saturated rings. The van der Waals surface area contributed by atoms with Crippen LogP contribution in [0.2, 0.25) is 0 Å². The van der Waals surface area contributed by atoms with Gasteiger partial charge in [0.05, 0.1) is 5.60 Å². The third kappa shape index (κ3) is 1.95. The van der Waals surface area contributed by atoms with Crippen molar-refractivity contribution in [2.75, 3.05) is 0 Å². The Morgan fingerprint density at radius 1 is 1.00 bits per heavy atom. The van der Waals surface area contributed by atoms with Gasteiger partial charge in [-0.3, -0.25) is 4.79 Å². The van der Waals surface area contributed by atoms with E-state index in [0.29, 0.717) is 11.7 Å². The summed E-state index contributed by atoms with van der Waals surface area (Å²) in [5.41, 5.74) is 2.56. The van der Waals surface area contributed by atoms with Gasteiger partial charge in [-0.25, -0.2) is 0 Å². The van der Waals surface area contributed by atoms with Gasteiger partial charge in [0.15, 0.2) is 5.78 Å². The summed E-state index contributed by atoms with van der Waals surface area (Å²) in [6, 6.07) is 0. The number of aliphatic hydroxyl groups is 1. The van der Waals surface area contributed by atoms with Gasteiger partial charge in [0.2, 0.25) is 0 Å². The van der Waals surface area contributed by atoms with Crippen molar-refractivity contribution in [1.82, 2.24) is 0 Å². The molecule has 4 aliphatic rings. The second kappa shape index (κ2) is 5.19. The number of fused-ring (bicyclic) bond motifs is 5. The van der Waals surface area contributed by atoms with Crippen LogP contribution in [0.1, 0.15) is 85.5 Å². The van der Waals surface area contributed by atoms with Crippen LogP contribution in [0.4, 0.5) is 0 Å². The first kappa shape index (κ1) is 16.8. The van der Waals surface area contributed by atoms with E-state index in [9.17, 15) is 9.90 Å². The van der Waals surface area contributed by atoms with Crippen LogP contribution in [-0.2, 0) is 4.79 Å². The van der Waals surface area contributed by atoms with Gasteiger partial charge in [-0.1, -0.05) is 26.3 Å². The van der Waals surface area contributed by atoms with Crippen molar-refractivity contribution >= 4 is 5.78 Å². The molecular weight excluding hydrogens is 296 g/mol. The standard InChI is InChI=1S/C22H34O2/c1-5-14-16-7-6-15-17(20(16,2)11-10-19(14)23)8-12-21(3)18(15)9-13-22(21,4)24/h15,17-18,24H,5-13H2,1-4H3/t15-,17+,18-,20+,21-,22+/m1/s1. The fourth-order valence-corrected chi connectivity index (χ4v) is 7.48. The Morgan fingerprint density at radius 3 is 2.42 bits per heavy atom. The fourth-order valence-electron chi connectivity index (χ4n) is 7.48. The lowest BCUT2D eigenvalue weighted by Gasteiger charge is -2.59. The van der Waals surface area contributed by atoms with Gasteiger partial charge in [-0.05, 0) is 92.4 Å². The van der Waals surface area contributed by atoms with E-state index in [-0.39, 0.29) is 10.8 Å². The van der Waals surface area contributed by atoms with E-state index in [0.717, 1.165) is 50.4 Å². The number of rotatable bonds is 1. The van der Waals surface area contributed by atoms with Crippen LogP contribution in [0.25, 0.3) is 0 Å². The minimum absolute atomic E-state index is 0.101. The van der Waals surface area contributed by atoms with Crippen molar-refractivity contribution in [3.63, 3.8) is 0 Å². The Bertz CT molecular complexity index is 601. The molecule has 0 aliphatic heterocycles. The summed E-state index contributed by atoms with van der Waals surface area (Å²) in [4.78, 5) is 12.4. The highest BCUT2D eigenvalue weighted by Gasteiger charge is 2.62. The lowest BCUT2D eigenvalue weighted by Crippen LogP contribution is -2.54. The molecule has 2 nitrogen and oxygen atoms in total. The van der Waals surface area contributed by atoms with Gasteiger partial charge < -0.3 is 5.11 Å². The number of carbonyl (C=O) groups excluding carboxylic acids is 1. The molecule has 0 unspecified atom stereocenters. The van der Waals surface area contributed by atoms with Crippen LogP contribution in [0, 0.1) is 28.6 Å². The Labute approximate surface area is 147 Å². The van der Waals surface area contributed by atoms with E-state index in [1.54, 1.807) is 0 Å². The van der Waals surface area contributed by atoms with Crippen molar-refractivity contribution in [2.24, 2.45) is 28.6 Å². The van der Waals surface area contributed by atoms with E-state index in [1.807, 2.05) is 0 Å². The molecule has 0 bridgehead atoms. The maximum absolute atomic E-state index is 12.4. The third-order valence-electron chi connectivity index (χ3n) is 9.16. The lowest BCUT2D eigenvalue weighted by atomic mass is 9.46. The summed E-state index contributed by atoms with van der Waals surface area (Å²) in [5.74, 6) is 2.57. The molecule has 0 spiro atoms. The predicted molar refractivity (Wildman–Crippen MR) is 96.6 cm³/mol. The molecule has 134 valence electrons. The highest BCUT2D eigenvalue weighted by molar-refractivity contribution is 5.97. The summed E-state index contributed by atoms with van der Waals surface area (Å²) in [6.45, 7) is 9.06. The van der Waals surface area contributed by atoms with E-state index in [4.69, 9.17) is 0 Å². The Balaban J connectivity index is 1.73. The van der Waals surface area contributed by atoms with Crippen molar-refractivity contribution < 1.29 is 9.90 Å². The smallest absolute Gasteiger partial charge is 0.158 e. The molecule has 1 N–H and O–H groups in total. The Hall–Kier alpha value is -0.630. The first-order chi connectivity index (χ1) is 11.2. The van der Waals surface area contributed by atoms with Crippen molar-refractivity contribution in [3.8, 4) is 0 Å². The van der Waals surface area contributed by atoms with Crippen LogP contribution >= 0.6 is 0 Å². The second-order valence-corrected chi connectivity index (χ2v) is 9.84. The Morgan fingerprint density at radius 2 is 1.71 bits per heavy atom. The highest BCUT2D eigenvalue weighted by Crippen LogP contribution is 2.67. The molecule has 4 rings (SSSR count). The molecule has 2 heteroatoms. The summed E-state index contributed by atoms with van der Waals surface area (Å²) >= 11 is 0. The summed E-state index contributed by atoms with van der Waals surface area (Å²) in [6.07, 6.45) is 9.65. The minimum Gasteiger partial charge on any atom is -0.390 e. The van der Waals surface area contributed by atoms with E-state index < -0.39 is 5.60 Å². The first-order valence-corrected chi connectivity index (χ1v) is 10.2. The van der Waals surface area contributed by atoms with Crippen molar-refractivity contribution in [2.45, 2.75) is 91.1 Å². The molecule has 0 radical (unpaired) electrons. The lowest BCUT2D eigenvalue weighted by molar-refractivity contribution is -0.125. The number of carbonyl (C=O) groups is 1. The highest BCUT2D eigenvalue weighted by atomic mass is 16.3. The predicted octanol–water partition coefficient (Wildman–Crippen LogP) is 5.05. The zero-order chi connectivity index (χ0) is 17.3. The molecule has 0 saturated heterocycles. The molecule has 0 heterocycles. The van der Waals surface area contributed by atoms with Crippen LogP contribution in [0.5, 0.6) is 0 Å². The minimum atomic E-state index is -0.489. The molecule has 0 aromatic heterocycles. The molecule has 4 aliphatic carbocycles. The van der Waals surface area contributed by atoms with Crippen LogP contribution in [0.3, 0.4) is 0 Å². The maximum atomic E-state index is 12.4. The van der Waals surface area contributed by atoms with Crippen molar-refractivity contribution in [1.29, 1.82) is 0 Å². The van der Waals surface area contributed by atoms with Gasteiger partial charge in [0.1, 0.15) is 0 Å². The van der Waals surface area contributed by atoms with E-state index in [2.05, 4.69) is 27.7 Å². The van der Waals surface area contributed by atoms with E-state index >= 15 is 0 Å². The Kier molecular flexibility index (Phi) is 3.64. The summed E-state index contributed by atoms with van der Waals surface area (Å²) < 4.78 is 0. The summed E-state index contributed by atoms with van der Waals surface area (Å²) in [5, 5.41) is 11.0. The number of hydrogen-bond donors (Lipinski definition) is 1. The largest absolute Gasteiger partial charge is 0.390 e. The summed E-state index contributed by atoms with van der Waals surface area (Å²) in [7, 11) is 0. The fraction of sp³-hybridized carbons (Fsp3) is 0.864. The molecule has 24 heavy (non-hydrogen) atoms. The first-order valence-electron chi connectivity index (χ1n) is 10.2. The van der Waals surface area contributed by atoms with Crippen LogP contribution in [-0.4, -0.2) is 16.5 Å². The molecule has 3 saturated carbocycles. The third-order valence-corrected chi connectivity index (χ3v) is 9.16. The number of ketones is 1. The molecule has 0 aromatic carbocycles. The number of allylic oxidation sites excluding steroid dienone is 1. The second-order valence-electron chi connectivity index (χ2n) is 9.84. The topological polar surface area (TPSA) is 37.3 Å². The van der Waals surface area contributed by atoms with Crippen molar-refractivity contribution in [3.05, 3.63) is 11.1 Å². The maximum Gasteiger partial charge on any atom is 0.158 e. The van der Waals surface area contributed by atoms with Crippen LogP contribution < -0.4 is 0 Å². The van der Waals surface area contributed by atoms with Gasteiger partial charge in [-0.2, -0.15) is 0 Å². The van der Waals surface area contributed by atoms with E-state index in [1.165, 1.54) is 30.4 Å². The molecular formula is C22H34O2. The number of Topliss-reactive ketones (excluding diaryl/α,β-unsaturated/α-hetero) is 1. The number of hydrogen-bond acceptors (Lipinski definition) is 2. The quantitative estimate of drug-likeness (QED) is 0.730. The zero-order valence-electron chi connectivity index (χ0n) is 16.0. The average molecular weight is 331 g/mol. The zero-order valence-corrected chi connectivity index (χ0v) is 16.0. The SMILES string of the molecule is CCC1=C2CC[C@H]3[C@H]4CC[C@](C)(O)[C@]4(C)CC[C@@H]3[C@@]2(C)CCC1=O. The molecule has 0 amide bonds. The molecule has 0 aromatic rings. The van der Waals surface area contributed by atoms with Gasteiger partial charge in [0, 0.05) is 6.42 Å². The molecule has 6 atom stereocenters. The monoisotopic (exact) mass is 330 g/mol.